The van der Waals surface area contributed by atoms with Gasteiger partial charge in [0.05, 0.1) is 5.56 Å². The van der Waals surface area contributed by atoms with Crippen molar-refractivity contribution >= 4 is 39.6 Å². The molecule has 5 nitrogen and oxygen atoms in total. The smallest absolute Gasteiger partial charge is 0.339 e. The van der Waals surface area contributed by atoms with Gasteiger partial charge in [0, 0.05) is 28.7 Å². The van der Waals surface area contributed by atoms with Gasteiger partial charge in [0.15, 0.2) is 6.61 Å². The number of hydrogen-bond acceptors (Lipinski definition) is 5. The highest BCUT2D eigenvalue weighted by molar-refractivity contribution is 9.10. The van der Waals surface area contributed by atoms with Gasteiger partial charge in [0.25, 0.3) is 5.91 Å². The predicted octanol–water partition coefficient (Wildman–Crippen LogP) is 4.02. The molecule has 0 fully saturated rings. The minimum atomic E-state index is -0.522. The molecule has 1 aromatic heterocycles. The van der Waals surface area contributed by atoms with Crippen LogP contribution in [0.25, 0.3) is 0 Å². The number of rotatable bonds is 6. The van der Waals surface area contributed by atoms with Gasteiger partial charge in [0.2, 0.25) is 0 Å². The highest BCUT2D eigenvalue weighted by Gasteiger charge is 2.18. The number of carbonyl (C=O) groups excluding carboxylic acids is 2. The molecule has 0 aliphatic rings. The fourth-order valence-electron chi connectivity index (χ4n) is 1.85. The van der Waals surface area contributed by atoms with Crippen molar-refractivity contribution < 1.29 is 14.3 Å². The summed E-state index contributed by atoms with van der Waals surface area (Å²) >= 11 is 4.71. The number of aromatic nitrogens is 1. The third kappa shape index (κ3) is 5.57. The Morgan fingerprint density at radius 1 is 1.24 bits per heavy atom. The maximum atomic E-state index is 12.4. The molecule has 0 saturated carbocycles. The number of amides is 1. The van der Waals surface area contributed by atoms with Gasteiger partial charge in [-0.15, -0.1) is 0 Å². The quantitative estimate of drug-likeness (QED) is 0.657. The number of carbonyl (C=O) groups is 2. The van der Waals surface area contributed by atoms with E-state index in [4.69, 9.17) is 4.74 Å². The maximum absolute atomic E-state index is 12.4. The van der Waals surface area contributed by atoms with Gasteiger partial charge in [-0.25, -0.2) is 9.78 Å². The summed E-state index contributed by atoms with van der Waals surface area (Å²) in [5, 5.41) is 0.763. The summed E-state index contributed by atoms with van der Waals surface area (Å²) in [6.07, 6.45) is 1.70. The van der Waals surface area contributed by atoms with Gasteiger partial charge in [-0.3, -0.25) is 4.79 Å². The Morgan fingerprint density at radius 3 is 2.60 bits per heavy atom. The Kier molecular flexibility index (Phi) is 7.01. The second kappa shape index (κ2) is 9.01. The van der Waals surface area contributed by atoms with E-state index < -0.39 is 5.97 Å². The highest BCUT2D eigenvalue weighted by atomic mass is 79.9. The topological polar surface area (TPSA) is 59.5 Å². The Balaban J connectivity index is 2.07. The molecule has 0 bridgehead atoms. The molecular formula is C18H19BrN2O3S. The molecule has 2 aromatic rings. The molecule has 2 rings (SSSR count). The highest BCUT2D eigenvalue weighted by Crippen LogP contribution is 2.30. The predicted molar refractivity (Wildman–Crippen MR) is 101 cm³/mol. The molecule has 0 N–H and O–H groups in total. The van der Waals surface area contributed by atoms with Crippen molar-refractivity contribution in [2.75, 3.05) is 13.7 Å². The Morgan fingerprint density at radius 2 is 1.96 bits per heavy atom. The van der Waals surface area contributed by atoms with E-state index in [0.717, 1.165) is 14.4 Å². The van der Waals surface area contributed by atoms with Crippen LogP contribution in [0.1, 0.15) is 24.2 Å². The second-order valence-corrected chi connectivity index (χ2v) is 7.57. The normalized spacial score (nSPS) is 10.6. The standard InChI is InChI=1S/C18H19BrN2O3S/c1-12(2)21(3)17(22)11-24-18(23)14-6-4-5-7-15(14)25-16-9-8-13(19)10-20-16/h4-10,12H,11H2,1-3H3. The van der Waals surface area contributed by atoms with E-state index in [1.165, 1.54) is 11.8 Å². The molecule has 25 heavy (non-hydrogen) atoms. The van der Waals surface area contributed by atoms with Crippen molar-refractivity contribution in [1.82, 2.24) is 9.88 Å². The molecule has 0 radical (unpaired) electrons. The average Bonchev–Trinajstić information content (AvgIpc) is 2.61. The molecule has 1 aromatic carbocycles. The zero-order valence-electron chi connectivity index (χ0n) is 14.2. The minimum absolute atomic E-state index is 0.0533. The molecule has 0 aliphatic heterocycles. The molecule has 132 valence electrons. The average molecular weight is 423 g/mol. The van der Waals surface area contributed by atoms with E-state index in [2.05, 4.69) is 20.9 Å². The first-order valence-electron chi connectivity index (χ1n) is 7.69. The molecule has 1 heterocycles. The summed E-state index contributed by atoms with van der Waals surface area (Å²) in [6, 6.07) is 10.9. The lowest BCUT2D eigenvalue weighted by molar-refractivity contribution is -0.134. The minimum Gasteiger partial charge on any atom is -0.452 e. The van der Waals surface area contributed by atoms with Crippen molar-refractivity contribution in [2.24, 2.45) is 0 Å². The third-order valence-electron chi connectivity index (χ3n) is 3.52. The van der Waals surface area contributed by atoms with E-state index in [1.54, 1.807) is 30.3 Å². The zero-order valence-corrected chi connectivity index (χ0v) is 16.6. The van der Waals surface area contributed by atoms with Crippen LogP contribution in [0.2, 0.25) is 0 Å². The van der Waals surface area contributed by atoms with Gasteiger partial charge >= 0.3 is 5.97 Å². The third-order valence-corrected chi connectivity index (χ3v) is 5.01. The van der Waals surface area contributed by atoms with E-state index >= 15 is 0 Å². The molecule has 1 amide bonds. The van der Waals surface area contributed by atoms with Crippen molar-refractivity contribution in [3.63, 3.8) is 0 Å². The van der Waals surface area contributed by atoms with Crippen LogP contribution in [-0.2, 0) is 9.53 Å². The van der Waals surface area contributed by atoms with Gasteiger partial charge < -0.3 is 9.64 Å². The summed E-state index contributed by atoms with van der Waals surface area (Å²) in [7, 11) is 1.68. The number of pyridine rings is 1. The number of likely N-dealkylation sites (N-methyl/N-ethyl adjacent to an activating group) is 1. The van der Waals surface area contributed by atoms with Crippen molar-refractivity contribution in [3.8, 4) is 0 Å². The fraction of sp³-hybridized carbons (Fsp3) is 0.278. The number of esters is 1. The van der Waals surface area contributed by atoms with E-state index in [0.29, 0.717) is 5.56 Å². The molecular weight excluding hydrogens is 404 g/mol. The van der Waals surface area contributed by atoms with E-state index in [9.17, 15) is 9.59 Å². The van der Waals surface area contributed by atoms with Crippen LogP contribution < -0.4 is 0 Å². The van der Waals surface area contributed by atoms with E-state index in [-0.39, 0.29) is 18.6 Å². The molecule has 0 unspecified atom stereocenters. The van der Waals surface area contributed by atoms with E-state index in [1.807, 2.05) is 38.1 Å². The number of hydrogen-bond donors (Lipinski definition) is 0. The Hall–Kier alpha value is -1.86. The largest absolute Gasteiger partial charge is 0.452 e. The number of nitrogens with zero attached hydrogens (tertiary/aromatic N) is 2. The molecule has 0 spiro atoms. The lowest BCUT2D eigenvalue weighted by Gasteiger charge is -2.21. The van der Waals surface area contributed by atoms with Crippen molar-refractivity contribution in [2.45, 2.75) is 29.8 Å². The first-order chi connectivity index (χ1) is 11.9. The lowest BCUT2D eigenvalue weighted by atomic mass is 10.2. The fourth-order valence-corrected chi connectivity index (χ4v) is 2.96. The van der Waals surface area contributed by atoms with Crippen LogP contribution in [0.4, 0.5) is 0 Å². The number of ether oxygens (including phenoxy) is 1. The SMILES string of the molecule is CC(C)N(C)C(=O)COC(=O)c1ccccc1Sc1ccc(Br)cn1. The second-order valence-electron chi connectivity index (χ2n) is 5.59. The summed E-state index contributed by atoms with van der Waals surface area (Å²) in [5.74, 6) is -0.756. The van der Waals surface area contributed by atoms with Crippen molar-refractivity contribution in [3.05, 3.63) is 52.6 Å². The number of benzene rings is 1. The van der Waals surface area contributed by atoms with Crippen LogP contribution in [0.5, 0.6) is 0 Å². The molecule has 7 heteroatoms. The van der Waals surface area contributed by atoms with Crippen LogP contribution in [-0.4, -0.2) is 41.5 Å². The van der Waals surface area contributed by atoms with Crippen LogP contribution in [0, 0.1) is 0 Å². The van der Waals surface area contributed by atoms with Gasteiger partial charge in [0.1, 0.15) is 5.03 Å². The van der Waals surface area contributed by atoms with Gasteiger partial charge in [-0.2, -0.15) is 0 Å². The van der Waals surface area contributed by atoms with Crippen molar-refractivity contribution in [1.29, 1.82) is 0 Å². The van der Waals surface area contributed by atoms with Gasteiger partial charge in [-0.1, -0.05) is 23.9 Å². The summed E-state index contributed by atoms with van der Waals surface area (Å²) < 4.78 is 6.07. The maximum Gasteiger partial charge on any atom is 0.339 e. The zero-order chi connectivity index (χ0) is 18.4. The molecule has 0 saturated heterocycles. The first kappa shape index (κ1) is 19.5. The van der Waals surface area contributed by atoms with Crippen LogP contribution >= 0.6 is 27.7 Å². The molecule has 0 aliphatic carbocycles. The van der Waals surface area contributed by atoms with Crippen LogP contribution in [0.15, 0.2) is 57.0 Å². The number of halogens is 1. The molecule has 0 atom stereocenters. The monoisotopic (exact) mass is 422 g/mol. The van der Waals surface area contributed by atoms with Crippen LogP contribution in [0.3, 0.4) is 0 Å². The Labute approximate surface area is 159 Å². The summed E-state index contributed by atoms with van der Waals surface area (Å²) in [4.78, 5) is 30.9. The lowest BCUT2D eigenvalue weighted by Crippen LogP contribution is -2.36. The first-order valence-corrected chi connectivity index (χ1v) is 9.30. The Bertz CT molecular complexity index is 750. The summed E-state index contributed by atoms with van der Waals surface area (Å²) in [5.41, 5.74) is 0.414. The van der Waals surface area contributed by atoms with Gasteiger partial charge in [-0.05, 0) is 54.0 Å². The summed E-state index contributed by atoms with van der Waals surface area (Å²) in [6.45, 7) is 3.52.